The Morgan fingerprint density at radius 1 is 1.17 bits per heavy atom. The molecule has 2 N–H and O–H groups in total. The average molecular weight is 380 g/mol. The number of phenolic OH excluding ortho intramolecular Hbond substituents is 1. The Bertz CT molecular complexity index is 715. The molecule has 0 unspecified atom stereocenters. The maximum absolute atomic E-state index is 11.9. The van der Waals surface area contributed by atoms with Crippen molar-refractivity contribution in [2.75, 3.05) is 19.0 Å². The molecular weight excluding hydrogens is 366 g/mol. The third-order valence-electron chi connectivity index (χ3n) is 2.88. The fourth-order valence-corrected chi connectivity index (χ4v) is 2.01. The number of carbonyl (C=O) groups excluding carboxylic acids is 2. The van der Waals surface area contributed by atoms with Gasteiger partial charge in [-0.1, -0.05) is 15.9 Å². The molecule has 0 heterocycles. The van der Waals surface area contributed by atoms with Crippen LogP contribution >= 0.6 is 15.9 Å². The van der Waals surface area contributed by atoms with E-state index < -0.39 is 11.9 Å². The first-order chi connectivity index (χ1) is 11.0. The van der Waals surface area contributed by atoms with Gasteiger partial charge in [-0.25, -0.2) is 4.79 Å². The van der Waals surface area contributed by atoms with Crippen molar-refractivity contribution in [3.8, 4) is 11.5 Å². The van der Waals surface area contributed by atoms with Crippen LogP contribution in [0.15, 0.2) is 46.9 Å². The molecule has 0 saturated heterocycles. The van der Waals surface area contributed by atoms with Crippen molar-refractivity contribution in [3.05, 3.63) is 52.5 Å². The molecule has 0 aliphatic carbocycles. The van der Waals surface area contributed by atoms with E-state index in [2.05, 4.69) is 26.0 Å². The Balaban J connectivity index is 1.99. The van der Waals surface area contributed by atoms with Crippen molar-refractivity contribution in [2.45, 2.75) is 0 Å². The summed E-state index contributed by atoms with van der Waals surface area (Å²) in [6.07, 6.45) is 0. The molecule has 0 aromatic heterocycles. The van der Waals surface area contributed by atoms with Gasteiger partial charge in [0.2, 0.25) is 0 Å². The molecule has 120 valence electrons. The van der Waals surface area contributed by atoms with Crippen LogP contribution < -0.4 is 10.1 Å². The van der Waals surface area contributed by atoms with Gasteiger partial charge in [0.25, 0.3) is 5.91 Å². The van der Waals surface area contributed by atoms with Crippen LogP contribution in [-0.2, 0) is 9.53 Å². The molecular formula is C16H14BrNO5. The van der Waals surface area contributed by atoms with Crippen LogP contribution in [0.1, 0.15) is 10.4 Å². The number of phenols is 1. The highest BCUT2D eigenvalue weighted by Crippen LogP contribution is 2.24. The second-order valence-corrected chi connectivity index (χ2v) is 5.43. The second kappa shape index (κ2) is 7.64. The van der Waals surface area contributed by atoms with Crippen LogP contribution in [-0.4, -0.2) is 30.7 Å². The Labute approximate surface area is 141 Å². The molecule has 7 heteroatoms. The topological polar surface area (TPSA) is 84.9 Å². The van der Waals surface area contributed by atoms with Gasteiger partial charge in [-0.05, 0) is 42.5 Å². The van der Waals surface area contributed by atoms with Gasteiger partial charge in [0.15, 0.2) is 6.61 Å². The van der Waals surface area contributed by atoms with Crippen LogP contribution in [0, 0.1) is 0 Å². The number of anilines is 1. The lowest BCUT2D eigenvalue weighted by Crippen LogP contribution is -2.20. The number of hydrogen-bond donors (Lipinski definition) is 2. The van der Waals surface area contributed by atoms with Gasteiger partial charge in [0.1, 0.15) is 11.5 Å². The lowest BCUT2D eigenvalue weighted by molar-refractivity contribution is -0.118. The predicted octanol–water partition coefficient (Wildman–Crippen LogP) is 2.96. The molecule has 0 bridgehead atoms. The summed E-state index contributed by atoms with van der Waals surface area (Å²) < 4.78 is 10.8. The number of aromatic hydroxyl groups is 1. The minimum absolute atomic E-state index is 0.109. The zero-order valence-electron chi connectivity index (χ0n) is 12.2. The van der Waals surface area contributed by atoms with Gasteiger partial charge in [0, 0.05) is 4.47 Å². The van der Waals surface area contributed by atoms with Gasteiger partial charge in [-0.2, -0.15) is 0 Å². The van der Waals surface area contributed by atoms with E-state index in [0.29, 0.717) is 5.75 Å². The number of methoxy groups -OCH3 is 1. The standard InChI is InChI=1S/C16H14BrNO5/c1-22-16(21)10-2-7-14(19)13(8-10)18-15(20)9-23-12-5-3-11(17)4-6-12/h2-8,19H,9H2,1H3,(H,18,20). The highest BCUT2D eigenvalue weighted by Gasteiger charge is 2.12. The van der Waals surface area contributed by atoms with E-state index in [1.165, 1.54) is 25.3 Å². The highest BCUT2D eigenvalue weighted by atomic mass is 79.9. The van der Waals surface area contributed by atoms with Crippen LogP contribution in [0.4, 0.5) is 5.69 Å². The highest BCUT2D eigenvalue weighted by molar-refractivity contribution is 9.10. The van der Waals surface area contributed by atoms with Crippen LogP contribution in [0.25, 0.3) is 0 Å². The molecule has 2 aromatic rings. The molecule has 0 aliphatic heterocycles. The lowest BCUT2D eigenvalue weighted by atomic mass is 10.2. The minimum atomic E-state index is -0.563. The van der Waals surface area contributed by atoms with E-state index in [9.17, 15) is 14.7 Å². The van der Waals surface area contributed by atoms with Crippen molar-refractivity contribution < 1.29 is 24.2 Å². The third-order valence-corrected chi connectivity index (χ3v) is 3.40. The Kier molecular flexibility index (Phi) is 5.59. The van der Waals surface area contributed by atoms with E-state index in [1.54, 1.807) is 24.3 Å². The van der Waals surface area contributed by atoms with E-state index in [4.69, 9.17) is 4.74 Å². The SMILES string of the molecule is COC(=O)c1ccc(O)c(NC(=O)COc2ccc(Br)cc2)c1. The molecule has 0 saturated carbocycles. The molecule has 23 heavy (non-hydrogen) atoms. The van der Waals surface area contributed by atoms with E-state index in [-0.39, 0.29) is 23.6 Å². The molecule has 2 rings (SSSR count). The Morgan fingerprint density at radius 3 is 2.52 bits per heavy atom. The molecule has 1 amide bonds. The minimum Gasteiger partial charge on any atom is -0.506 e. The number of rotatable bonds is 5. The number of esters is 1. The predicted molar refractivity (Wildman–Crippen MR) is 87.7 cm³/mol. The van der Waals surface area contributed by atoms with E-state index >= 15 is 0 Å². The largest absolute Gasteiger partial charge is 0.506 e. The Morgan fingerprint density at radius 2 is 1.87 bits per heavy atom. The summed E-state index contributed by atoms with van der Waals surface area (Å²) in [5, 5.41) is 12.2. The third kappa shape index (κ3) is 4.72. The lowest BCUT2D eigenvalue weighted by Gasteiger charge is -2.10. The maximum atomic E-state index is 11.9. The molecule has 0 spiro atoms. The van der Waals surface area contributed by atoms with E-state index in [1.807, 2.05) is 0 Å². The summed E-state index contributed by atoms with van der Waals surface area (Å²) in [4.78, 5) is 23.3. The number of hydrogen-bond acceptors (Lipinski definition) is 5. The smallest absolute Gasteiger partial charge is 0.337 e. The van der Waals surface area contributed by atoms with Crippen molar-refractivity contribution in [1.82, 2.24) is 0 Å². The van der Waals surface area contributed by atoms with Gasteiger partial charge in [0.05, 0.1) is 18.4 Å². The fourth-order valence-electron chi connectivity index (χ4n) is 1.75. The zero-order chi connectivity index (χ0) is 16.8. The summed E-state index contributed by atoms with van der Waals surface area (Å²) in [5.74, 6) is -0.651. The van der Waals surface area contributed by atoms with Gasteiger partial charge >= 0.3 is 5.97 Å². The first-order valence-electron chi connectivity index (χ1n) is 6.59. The van der Waals surface area contributed by atoms with Crippen molar-refractivity contribution >= 4 is 33.5 Å². The summed E-state index contributed by atoms with van der Waals surface area (Å²) >= 11 is 3.30. The van der Waals surface area contributed by atoms with Crippen molar-refractivity contribution in [1.29, 1.82) is 0 Å². The maximum Gasteiger partial charge on any atom is 0.337 e. The summed E-state index contributed by atoms with van der Waals surface area (Å²) in [6.45, 7) is -0.233. The molecule has 0 aliphatic rings. The fraction of sp³-hybridized carbons (Fsp3) is 0.125. The number of benzene rings is 2. The quantitative estimate of drug-likeness (QED) is 0.616. The second-order valence-electron chi connectivity index (χ2n) is 4.51. The summed E-state index contributed by atoms with van der Waals surface area (Å²) in [5.41, 5.74) is 0.326. The monoisotopic (exact) mass is 379 g/mol. The molecule has 0 atom stereocenters. The number of nitrogens with one attached hydrogen (secondary N) is 1. The molecule has 0 radical (unpaired) electrons. The molecule has 6 nitrogen and oxygen atoms in total. The number of halogens is 1. The summed E-state index contributed by atoms with van der Waals surface area (Å²) in [6, 6.07) is 11.0. The van der Waals surface area contributed by atoms with Crippen LogP contribution in [0.5, 0.6) is 11.5 Å². The normalized spacial score (nSPS) is 10.0. The number of carbonyl (C=O) groups is 2. The van der Waals surface area contributed by atoms with E-state index in [0.717, 1.165) is 4.47 Å². The first-order valence-corrected chi connectivity index (χ1v) is 7.38. The van der Waals surface area contributed by atoms with Gasteiger partial charge < -0.3 is 19.9 Å². The van der Waals surface area contributed by atoms with Crippen LogP contribution in [0.3, 0.4) is 0 Å². The average Bonchev–Trinajstić information content (AvgIpc) is 2.55. The first kappa shape index (κ1) is 16.8. The van der Waals surface area contributed by atoms with Gasteiger partial charge in [-0.3, -0.25) is 4.79 Å². The van der Waals surface area contributed by atoms with Crippen LogP contribution in [0.2, 0.25) is 0 Å². The van der Waals surface area contributed by atoms with Crippen molar-refractivity contribution in [2.24, 2.45) is 0 Å². The Hall–Kier alpha value is -2.54. The molecule has 2 aromatic carbocycles. The number of ether oxygens (including phenoxy) is 2. The molecule has 0 fully saturated rings. The zero-order valence-corrected chi connectivity index (χ0v) is 13.8. The number of amides is 1. The van der Waals surface area contributed by atoms with Crippen molar-refractivity contribution in [3.63, 3.8) is 0 Å². The van der Waals surface area contributed by atoms with Gasteiger partial charge in [-0.15, -0.1) is 0 Å². The summed E-state index contributed by atoms with van der Waals surface area (Å²) in [7, 11) is 1.25.